The molecule has 0 radical (unpaired) electrons. The van der Waals surface area contributed by atoms with Gasteiger partial charge >= 0.3 is 0 Å². The molecule has 29 heavy (non-hydrogen) atoms. The molecule has 0 spiro atoms. The third-order valence-corrected chi connectivity index (χ3v) is 5.98. The number of carbonyl (C=O) groups excluding carboxylic acids is 1. The van der Waals surface area contributed by atoms with E-state index in [1.54, 1.807) is 0 Å². The van der Waals surface area contributed by atoms with Gasteiger partial charge in [-0.15, -0.1) is 0 Å². The van der Waals surface area contributed by atoms with Gasteiger partial charge in [0.15, 0.2) is 5.78 Å². The molecule has 0 N–H and O–H groups in total. The second-order valence-electron chi connectivity index (χ2n) is 7.83. The number of rotatable bonds is 3. The highest BCUT2D eigenvalue weighted by molar-refractivity contribution is 6.41. The Kier molecular flexibility index (Phi) is 4.53. The van der Waals surface area contributed by atoms with E-state index < -0.39 is 0 Å². The van der Waals surface area contributed by atoms with Crippen molar-refractivity contribution in [1.82, 2.24) is 4.90 Å². The third-order valence-electron chi connectivity index (χ3n) is 5.98. The second kappa shape index (κ2) is 7.34. The molecule has 2 aliphatic rings. The molecule has 1 fully saturated rings. The van der Waals surface area contributed by atoms with Gasteiger partial charge in [0.05, 0.1) is 0 Å². The zero-order valence-electron chi connectivity index (χ0n) is 16.6. The smallest absolute Gasteiger partial charge is 0.194 e. The Morgan fingerprint density at radius 3 is 2.07 bits per heavy atom. The Morgan fingerprint density at radius 1 is 0.655 bits per heavy atom. The van der Waals surface area contributed by atoms with Gasteiger partial charge in [-0.05, 0) is 35.9 Å². The molecular formula is C26H24N2O. The van der Waals surface area contributed by atoms with Gasteiger partial charge in [-0.25, -0.2) is 0 Å². The summed E-state index contributed by atoms with van der Waals surface area (Å²) in [6, 6.07) is 26.7. The molecule has 3 aromatic rings. The molecule has 0 atom stereocenters. The highest BCUT2D eigenvalue weighted by Crippen LogP contribution is 2.42. The maximum atomic E-state index is 13.4. The molecule has 3 aromatic carbocycles. The molecule has 1 aliphatic carbocycles. The van der Waals surface area contributed by atoms with Crippen LogP contribution < -0.4 is 4.90 Å². The second-order valence-corrected chi connectivity index (χ2v) is 7.83. The minimum absolute atomic E-state index is 0.120. The van der Waals surface area contributed by atoms with E-state index in [0.717, 1.165) is 59.6 Å². The van der Waals surface area contributed by atoms with Crippen LogP contribution in [0.4, 0.5) is 5.69 Å². The van der Waals surface area contributed by atoms with E-state index in [1.165, 1.54) is 5.69 Å². The zero-order valence-corrected chi connectivity index (χ0v) is 16.6. The SMILES string of the molecule is CN1CCN(c2cccc(C3=C(c4ccccc4)c4ccccc4C3=O)c2)CC1. The molecule has 0 saturated carbocycles. The first kappa shape index (κ1) is 17.9. The Labute approximate surface area is 171 Å². The lowest BCUT2D eigenvalue weighted by molar-refractivity contribution is 0.105. The van der Waals surface area contributed by atoms with E-state index in [0.29, 0.717) is 0 Å². The zero-order chi connectivity index (χ0) is 19.8. The number of hydrogen-bond donors (Lipinski definition) is 0. The van der Waals surface area contributed by atoms with E-state index in [1.807, 2.05) is 36.4 Å². The van der Waals surface area contributed by atoms with Crippen LogP contribution in [0, 0.1) is 0 Å². The van der Waals surface area contributed by atoms with Gasteiger partial charge in [0.1, 0.15) is 0 Å². The van der Waals surface area contributed by atoms with E-state index in [2.05, 4.69) is 59.3 Å². The van der Waals surface area contributed by atoms with Crippen LogP contribution >= 0.6 is 0 Å². The minimum atomic E-state index is 0.120. The molecule has 0 amide bonds. The van der Waals surface area contributed by atoms with Gasteiger partial charge < -0.3 is 9.80 Å². The number of fused-ring (bicyclic) bond motifs is 1. The van der Waals surface area contributed by atoms with Crippen molar-refractivity contribution >= 4 is 22.6 Å². The molecule has 1 aliphatic heterocycles. The summed E-state index contributed by atoms with van der Waals surface area (Å²) in [5.41, 5.74) is 6.97. The number of nitrogens with zero attached hydrogens (tertiary/aromatic N) is 2. The first-order valence-corrected chi connectivity index (χ1v) is 10.2. The molecule has 0 bridgehead atoms. The van der Waals surface area contributed by atoms with Gasteiger partial charge in [-0.2, -0.15) is 0 Å². The van der Waals surface area contributed by atoms with E-state index >= 15 is 0 Å². The molecule has 3 heteroatoms. The number of anilines is 1. The molecule has 1 saturated heterocycles. The molecular weight excluding hydrogens is 356 g/mol. The summed E-state index contributed by atoms with van der Waals surface area (Å²) in [4.78, 5) is 18.2. The summed E-state index contributed by atoms with van der Waals surface area (Å²) in [5.74, 6) is 0.120. The summed E-state index contributed by atoms with van der Waals surface area (Å²) >= 11 is 0. The predicted molar refractivity (Wildman–Crippen MR) is 119 cm³/mol. The lowest BCUT2D eigenvalue weighted by atomic mass is 9.94. The van der Waals surface area contributed by atoms with Crippen LogP contribution in [-0.2, 0) is 0 Å². The molecule has 0 unspecified atom stereocenters. The van der Waals surface area contributed by atoms with E-state index in [-0.39, 0.29) is 5.78 Å². The summed E-state index contributed by atoms with van der Waals surface area (Å²) in [5, 5.41) is 0. The van der Waals surface area contributed by atoms with Crippen LogP contribution in [0.5, 0.6) is 0 Å². The summed E-state index contributed by atoms with van der Waals surface area (Å²) < 4.78 is 0. The predicted octanol–water partition coefficient (Wildman–Crippen LogP) is 4.59. The fourth-order valence-electron chi connectivity index (χ4n) is 4.38. The number of likely N-dealkylation sites (N-methyl/N-ethyl adjacent to an activating group) is 1. The number of hydrogen-bond acceptors (Lipinski definition) is 3. The van der Waals surface area contributed by atoms with Crippen LogP contribution in [-0.4, -0.2) is 43.9 Å². The van der Waals surface area contributed by atoms with Gasteiger partial charge in [0.25, 0.3) is 0 Å². The Balaban J connectivity index is 1.64. The normalized spacial score (nSPS) is 17.0. The fraction of sp³-hybridized carbons (Fsp3) is 0.192. The van der Waals surface area contributed by atoms with Crippen molar-refractivity contribution < 1.29 is 4.79 Å². The highest BCUT2D eigenvalue weighted by atomic mass is 16.1. The quantitative estimate of drug-likeness (QED) is 0.664. The van der Waals surface area contributed by atoms with Crippen molar-refractivity contribution in [3.05, 3.63) is 101 Å². The Bertz CT molecular complexity index is 1090. The molecule has 144 valence electrons. The number of Topliss-reactive ketones (excluding diaryl/α,β-unsaturated/α-hetero) is 1. The molecule has 3 nitrogen and oxygen atoms in total. The third kappa shape index (κ3) is 3.18. The molecule has 0 aromatic heterocycles. The van der Waals surface area contributed by atoms with Crippen LogP contribution in [0.1, 0.15) is 27.0 Å². The molecule has 1 heterocycles. The maximum absolute atomic E-state index is 13.4. The van der Waals surface area contributed by atoms with Crippen molar-refractivity contribution in [2.75, 3.05) is 38.1 Å². The Morgan fingerprint density at radius 2 is 1.31 bits per heavy atom. The standard InChI is InChI=1S/C26H24N2O/c1-27-14-16-28(17-15-27)21-11-7-10-20(18-21)25-24(19-8-3-2-4-9-19)22-12-5-6-13-23(22)26(25)29/h2-13,18H,14-17H2,1H3. The molecule has 5 rings (SSSR count). The number of benzene rings is 3. The van der Waals surface area contributed by atoms with Crippen LogP contribution in [0.3, 0.4) is 0 Å². The van der Waals surface area contributed by atoms with Crippen molar-refractivity contribution in [2.24, 2.45) is 0 Å². The Hall–Kier alpha value is -3.17. The van der Waals surface area contributed by atoms with Crippen LogP contribution in [0.2, 0.25) is 0 Å². The van der Waals surface area contributed by atoms with Gasteiger partial charge in [0.2, 0.25) is 0 Å². The number of allylic oxidation sites excluding steroid dienone is 1. The monoisotopic (exact) mass is 380 g/mol. The fourth-order valence-corrected chi connectivity index (χ4v) is 4.38. The van der Waals surface area contributed by atoms with Gasteiger partial charge in [-0.1, -0.05) is 66.7 Å². The maximum Gasteiger partial charge on any atom is 0.194 e. The van der Waals surface area contributed by atoms with Crippen LogP contribution in [0.25, 0.3) is 11.1 Å². The first-order valence-electron chi connectivity index (χ1n) is 10.2. The summed E-state index contributed by atoms with van der Waals surface area (Å²) in [6.45, 7) is 4.15. The average Bonchev–Trinajstić information content (AvgIpc) is 3.08. The van der Waals surface area contributed by atoms with Crippen molar-refractivity contribution in [1.29, 1.82) is 0 Å². The van der Waals surface area contributed by atoms with Gasteiger partial charge in [0, 0.05) is 48.6 Å². The first-order chi connectivity index (χ1) is 14.2. The number of carbonyl (C=O) groups is 1. The lowest BCUT2D eigenvalue weighted by Gasteiger charge is -2.34. The van der Waals surface area contributed by atoms with Gasteiger partial charge in [-0.3, -0.25) is 4.79 Å². The van der Waals surface area contributed by atoms with Crippen LogP contribution in [0.15, 0.2) is 78.9 Å². The average molecular weight is 380 g/mol. The topological polar surface area (TPSA) is 23.6 Å². The van der Waals surface area contributed by atoms with E-state index in [9.17, 15) is 4.79 Å². The summed E-state index contributed by atoms with van der Waals surface area (Å²) in [7, 11) is 2.17. The van der Waals surface area contributed by atoms with Crippen molar-refractivity contribution in [3.8, 4) is 0 Å². The summed E-state index contributed by atoms with van der Waals surface area (Å²) in [6.07, 6.45) is 0. The largest absolute Gasteiger partial charge is 0.369 e. The minimum Gasteiger partial charge on any atom is -0.369 e. The highest BCUT2D eigenvalue weighted by Gasteiger charge is 2.31. The number of ketones is 1. The number of piperazine rings is 1. The van der Waals surface area contributed by atoms with Crippen molar-refractivity contribution in [2.45, 2.75) is 0 Å². The van der Waals surface area contributed by atoms with E-state index in [4.69, 9.17) is 0 Å². The van der Waals surface area contributed by atoms with Crippen molar-refractivity contribution in [3.63, 3.8) is 0 Å². The lowest BCUT2D eigenvalue weighted by Crippen LogP contribution is -2.44.